The molecule has 66 valence electrons. The number of hydrogen-bond acceptors (Lipinski definition) is 3. The Balaban J connectivity index is 5.33. The molecular formula is C8H12O3Si. The molecule has 0 bridgehead atoms. The summed E-state index contributed by atoms with van der Waals surface area (Å²) in [5.41, 5.74) is 1.25. The van der Waals surface area contributed by atoms with Crippen molar-refractivity contribution in [3.63, 3.8) is 0 Å². The van der Waals surface area contributed by atoms with Gasteiger partial charge in [-0.2, -0.15) is 0 Å². The lowest BCUT2D eigenvalue weighted by molar-refractivity contribution is -0.117. The average Bonchev–Trinajstić information content (AvgIpc) is 1.86. The molecule has 0 amide bonds. The third-order valence-electron chi connectivity index (χ3n) is 1.97. The Morgan fingerprint density at radius 3 is 1.25 bits per heavy atom. The van der Waals surface area contributed by atoms with Gasteiger partial charge in [-0.25, -0.2) is 0 Å². The van der Waals surface area contributed by atoms with Gasteiger partial charge in [-0.05, 0) is 20.8 Å². The highest BCUT2D eigenvalue weighted by Gasteiger charge is 2.46. The van der Waals surface area contributed by atoms with Crippen LogP contribution in [-0.2, 0) is 14.4 Å². The number of rotatable bonds is 4. The normalized spacial score (nSPS) is 10.6. The lowest BCUT2D eigenvalue weighted by Gasteiger charge is -2.16. The molecule has 0 aromatic rings. The van der Waals surface area contributed by atoms with Crippen molar-refractivity contribution >= 4 is 24.3 Å². The minimum Gasteiger partial charge on any atom is -0.304 e. The van der Waals surface area contributed by atoms with E-state index in [1.807, 2.05) is 0 Å². The zero-order valence-electron chi connectivity index (χ0n) is 7.51. The number of carbonyl (C=O) groups excluding carboxylic acids is 3. The molecule has 0 heterocycles. The molecule has 4 heteroatoms. The van der Waals surface area contributed by atoms with Crippen LogP contribution in [-0.4, -0.2) is 24.3 Å². The van der Waals surface area contributed by atoms with Crippen molar-refractivity contribution < 1.29 is 14.4 Å². The molecule has 0 unspecified atom stereocenters. The zero-order valence-corrected chi connectivity index (χ0v) is 8.51. The Labute approximate surface area is 72.5 Å². The van der Waals surface area contributed by atoms with Crippen LogP contribution in [0.15, 0.2) is 12.3 Å². The smallest absolute Gasteiger partial charge is 0.299 e. The number of carbonyl (C=O) groups is 3. The minimum absolute atomic E-state index is 0.336. The monoisotopic (exact) mass is 184 g/mol. The van der Waals surface area contributed by atoms with E-state index in [9.17, 15) is 14.4 Å². The van der Waals surface area contributed by atoms with Crippen molar-refractivity contribution in [2.75, 3.05) is 0 Å². The molecular weight excluding hydrogens is 172 g/mol. The highest BCUT2D eigenvalue weighted by molar-refractivity contribution is 7.42. The molecule has 0 spiro atoms. The van der Waals surface area contributed by atoms with E-state index in [1.165, 1.54) is 26.5 Å². The predicted molar refractivity (Wildman–Crippen MR) is 48.0 cm³/mol. The van der Waals surface area contributed by atoms with E-state index in [1.54, 1.807) is 0 Å². The second-order valence-electron chi connectivity index (χ2n) is 2.68. The first-order chi connectivity index (χ1) is 5.39. The van der Waals surface area contributed by atoms with Gasteiger partial charge in [0.2, 0.25) is 0 Å². The standard InChI is InChI=1S/C8H12O3Si/c1-5-12(6(2)9,7(3)10)8(4)11/h5H,1H2,2-4H3. The Morgan fingerprint density at radius 1 is 1.00 bits per heavy atom. The third kappa shape index (κ3) is 1.43. The highest BCUT2D eigenvalue weighted by Crippen LogP contribution is 2.08. The maximum atomic E-state index is 11.1. The van der Waals surface area contributed by atoms with Crippen LogP contribution in [0.1, 0.15) is 20.8 Å². The zero-order chi connectivity index (χ0) is 9.94. The van der Waals surface area contributed by atoms with E-state index in [0.717, 1.165) is 0 Å². The SMILES string of the molecule is C=C[Si](C(C)=O)(C(C)=O)C(C)=O. The fourth-order valence-corrected chi connectivity index (χ4v) is 3.52. The van der Waals surface area contributed by atoms with E-state index in [0.29, 0.717) is 0 Å². The summed E-state index contributed by atoms with van der Waals surface area (Å²) in [6, 6.07) is 0. The Kier molecular flexibility index (Phi) is 3.27. The molecule has 0 radical (unpaired) electrons. The average molecular weight is 184 g/mol. The van der Waals surface area contributed by atoms with Crippen LogP contribution < -0.4 is 0 Å². The second-order valence-corrected chi connectivity index (χ2v) is 6.82. The lowest BCUT2D eigenvalue weighted by atomic mass is 10.9. The molecule has 3 nitrogen and oxygen atoms in total. The van der Waals surface area contributed by atoms with Crippen LogP contribution in [0.5, 0.6) is 0 Å². The van der Waals surface area contributed by atoms with Crippen molar-refractivity contribution in [3.05, 3.63) is 12.3 Å². The first-order valence-corrected chi connectivity index (χ1v) is 5.64. The van der Waals surface area contributed by atoms with Crippen molar-refractivity contribution in [3.8, 4) is 0 Å². The molecule has 0 aliphatic carbocycles. The molecule has 0 N–H and O–H groups in total. The van der Waals surface area contributed by atoms with Gasteiger partial charge in [0, 0.05) is 0 Å². The van der Waals surface area contributed by atoms with Crippen LogP contribution in [0.4, 0.5) is 0 Å². The molecule has 0 aromatic heterocycles. The number of hydrogen-bond donors (Lipinski definition) is 0. The van der Waals surface area contributed by atoms with Crippen LogP contribution in [0.2, 0.25) is 0 Å². The molecule has 12 heavy (non-hydrogen) atoms. The van der Waals surface area contributed by atoms with E-state index < -0.39 is 8.07 Å². The van der Waals surface area contributed by atoms with Gasteiger partial charge in [-0.15, -0.1) is 6.58 Å². The van der Waals surface area contributed by atoms with Gasteiger partial charge < -0.3 is 14.4 Å². The van der Waals surface area contributed by atoms with Gasteiger partial charge in [-0.1, -0.05) is 5.70 Å². The Bertz CT molecular complexity index is 219. The molecule has 0 saturated heterocycles. The minimum atomic E-state index is -3.15. The second kappa shape index (κ2) is 3.58. The van der Waals surface area contributed by atoms with Gasteiger partial charge >= 0.3 is 0 Å². The lowest BCUT2D eigenvalue weighted by Crippen LogP contribution is -2.55. The van der Waals surface area contributed by atoms with Gasteiger partial charge in [0.05, 0.1) is 0 Å². The van der Waals surface area contributed by atoms with Gasteiger partial charge in [0.15, 0.2) is 0 Å². The molecule has 0 rings (SSSR count). The van der Waals surface area contributed by atoms with E-state index in [2.05, 4.69) is 6.58 Å². The summed E-state index contributed by atoms with van der Waals surface area (Å²) in [6.07, 6.45) is 0. The molecule has 0 saturated carbocycles. The topological polar surface area (TPSA) is 51.2 Å². The summed E-state index contributed by atoms with van der Waals surface area (Å²) in [5, 5.41) is -1.01. The van der Waals surface area contributed by atoms with E-state index >= 15 is 0 Å². The Hall–Kier alpha value is -1.03. The van der Waals surface area contributed by atoms with Crippen LogP contribution in [0.3, 0.4) is 0 Å². The summed E-state index contributed by atoms with van der Waals surface area (Å²) in [5.74, 6) is 0. The molecule has 0 fully saturated rings. The summed E-state index contributed by atoms with van der Waals surface area (Å²) >= 11 is 0. The van der Waals surface area contributed by atoms with Crippen molar-refractivity contribution in [1.29, 1.82) is 0 Å². The summed E-state index contributed by atoms with van der Waals surface area (Å²) in [7, 11) is -3.15. The summed E-state index contributed by atoms with van der Waals surface area (Å²) < 4.78 is 0. The molecule has 0 aromatic carbocycles. The van der Waals surface area contributed by atoms with E-state index in [4.69, 9.17) is 0 Å². The summed E-state index contributed by atoms with van der Waals surface area (Å²) in [6.45, 7) is 7.22. The van der Waals surface area contributed by atoms with Crippen LogP contribution >= 0.6 is 0 Å². The van der Waals surface area contributed by atoms with Gasteiger partial charge in [-0.3, -0.25) is 0 Å². The highest BCUT2D eigenvalue weighted by atomic mass is 28.3. The largest absolute Gasteiger partial charge is 0.304 e. The first-order valence-electron chi connectivity index (χ1n) is 3.56. The fraction of sp³-hybridized carbons (Fsp3) is 0.375. The van der Waals surface area contributed by atoms with Crippen molar-refractivity contribution in [2.24, 2.45) is 0 Å². The first kappa shape index (κ1) is 11.0. The van der Waals surface area contributed by atoms with Gasteiger partial charge in [0.25, 0.3) is 8.07 Å². The molecule has 0 aliphatic heterocycles. The van der Waals surface area contributed by atoms with Gasteiger partial charge in [0.1, 0.15) is 16.2 Å². The maximum Gasteiger partial charge on any atom is 0.299 e. The molecule has 0 aliphatic rings. The van der Waals surface area contributed by atoms with Crippen molar-refractivity contribution in [1.82, 2.24) is 0 Å². The maximum absolute atomic E-state index is 11.1. The summed E-state index contributed by atoms with van der Waals surface area (Å²) in [4.78, 5) is 33.4. The van der Waals surface area contributed by atoms with Crippen LogP contribution in [0, 0.1) is 0 Å². The molecule has 0 atom stereocenters. The predicted octanol–water partition coefficient (Wildman–Crippen LogP) is 0.545. The fourth-order valence-electron chi connectivity index (χ4n) is 1.17. The van der Waals surface area contributed by atoms with E-state index in [-0.39, 0.29) is 16.2 Å². The Morgan fingerprint density at radius 2 is 1.25 bits per heavy atom. The third-order valence-corrected chi connectivity index (χ3v) is 5.92. The van der Waals surface area contributed by atoms with Crippen LogP contribution in [0.25, 0.3) is 0 Å². The van der Waals surface area contributed by atoms with Crippen molar-refractivity contribution in [2.45, 2.75) is 20.8 Å². The quantitative estimate of drug-likeness (QED) is 0.599.